The number of hydrogen-bond acceptors (Lipinski definition) is 11. The molecule has 5 aromatic rings. The van der Waals surface area contributed by atoms with Gasteiger partial charge in [-0.05, 0) is 106 Å². The maximum atomic E-state index is 15.5. The van der Waals surface area contributed by atoms with E-state index in [0.717, 1.165) is 79.6 Å². The number of methoxy groups -OCH3 is 1. The van der Waals surface area contributed by atoms with E-state index in [4.69, 9.17) is 19.4 Å². The maximum absolute atomic E-state index is 15.5. The molecule has 17 heteroatoms. The Morgan fingerprint density at radius 2 is 1.65 bits per heavy atom. The monoisotopic (exact) mass is 890 g/mol. The van der Waals surface area contributed by atoms with Crippen LogP contribution in [0.1, 0.15) is 78.0 Å². The molecule has 3 saturated heterocycles. The standard InChI is InChI=1S/C48H56F2N10O5/c1-27-15-40-42(60-23-29-5-6-30(17-29)25-65-47-36(22-51-56(47)3)39-18-31(16-28(2)52-39)45(62)55-48(60)53-40)21-41(27)58-13-14-59(34(24-58)26-64-4)32-9-11-57(12-10-32)33-19-37(49)44(38(50)20-33)35-7-8-43(61)54-46(35)63/h15-16,18-22,29-30,32,34-35H,5-14,17,23-26H2,1-4H3,(H,53,55,62)(H,54,61,63)/t29-,30+,34+,35-/m1/s1. The predicted octanol–water partition coefficient (Wildman–Crippen LogP) is 6.11. The number of carbonyl (C=O) groups excluding carboxylic acids is 3. The van der Waals surface area contributed by atoms with Crippen molar-refractivity contribution in [1.82, 2.24) is 34.5 Å². The average Bonchev–Trinajstić information content (AvgIpc) is 3.98. The Bertz CT molecular complexity index is 2650. The third-order valence-corrected chi connectivity index (χ3v) is 14.4. The molecule has 0 radical (unpaired) electrons. The van der Waals surface area contributed by atoms with Gasteiger partial charge in [0.25, 0.3) is 5.91 Å². The van der Waals surface area contributed by atoms with Gasteiger partial charge in [0.05, 0.1) is 53.7 Å². The van der Waals surface area contributed by atoms with Crippen LogP contribution in [0.15, 0.2) is 42.6 Å². The Labute approximate surface area is 376 Å². The number of imide groups is 1. The van der Waals surface area contributed by atoms with Crippen molar-refractivity contribution in [2.24, 2.45) is 18.9 Å². The average molecular weight is 891 g/mol. The quantitative estimate of drug-likeness (QED) is 0.190. The molecule has 5 aliphatic rings. The normalized spacial score (nSPS) is 23.4. The summed E-state index contributed by atoms with van der Waals surface area (Å²) < 4.78 is 47.1. The number of amides is 3. The first kappa shape index (κ1) is 43.0. The number of piperidine rings is 2. The lowest BCUT2D eigenvalue weighted by Gasteiger charge is -2.48. The van der Waals surface area contributed by atoms with E-state index in [1.165, 1.54) is 12.1 Å². The largest absolute Gasteiger partial charge is 0.477 e. The van der Waals surface area contributed by atoms with Crippen LogP contribution in [0.25, 0.3) is 22.3 Å². The van der Waals surface area contributed by atoms with Crippen LogP contribution in [0, 0.1) is 37.3 Å². The highest BCUT2D eigenvalue weighted by Crippen LogP contribution is 2.39. The number of benzene rings is 2. The molecular formula is C48H56F2N10O5. The van der Waals surface area contributed by atoms with Crippen molar-refractivity contribution in [3.8, 4) is 17.1 Å². The van der Waals surface area contributed by atoms with Crippen molar-refractivity contribution in [3.63, 3.8) is 0 Å². The number of imidazole rings is 1. The van der Waals surface area contributed by atoms with Crippen molar-refractivity contribution in [1.29, 1.82) is 0 Å². The summed E-state index contributed by atoms with van der Waals surface area (Å²) in [5.74, 6) is -1.97. The number of fused-ring (bicyclic) bond motifs is 9. The predicted molar refractivity (Wildman–Crippen MR) is 241 cm³/mol. The lowest BCUT2D eigenvalue weighted by molar-refractivity contribution is -0.134. The summed E-state index contributed by atoms with van der Waals surface area (Å²) in [5, 5.41) is 9.87. The zero-order chi connectivity index (χ0) is 45.1. The van der Waals surface area contributed by atoms with E-state index < -0.39 is 29.4 Å². The van der Waals surface area contributed by atoms with Gasteiger partial charge >= 0.3 is 0 Å². The van der Waals surface area contributed by atoms with Gasteiger partial charge in [-0.2, -0.15) is 5.10 Å². The molecular weight excluding hydrogens is 835 g/mol. The fraction of sp³-hybridized carbons (Fsp3) is 0.500. The van der Waals surface area contributed by atoms with E-state index in [1.54, 1.807) is 30.1 Å². The zero-order valence-electron chi connectivity index (χ0n) is 37.4. The van der Waals surface area contributed by atoms with E-state index in [2.05, 4.69) is 49.2 Å². The Kier molecular flexibility index (Phi) is 11.5. The fourth-order valence-electron chi connectivity index (χ4n) is 11.1. The molecule has 7 heterocycles. The SMILES string of the molecule is COC[C@@H]1CN(c2cc3c(cc2C)nc2n3C[C@@H]3CC[C@H](COc4c(cnn4C)-c4cc(cc(C)n4)C(=O)N2)C3)CCN1C1CCN(c2cc(F)c([C@H]3CCC(=O)NC3=O)c(F)c2)CC1. The second-order valence-corrected chi connectivity index (χ2v) is 18.7. The molecule has 3 amide bonds. The molecule has 2 aromatic carbocycles. The van der Waals surface area contributed by atoms with Crippen molar-refractivity contribution in [2.45, 2.75) is 83.3 Å². The minimum absolute atomic E-state index is 0.0481. The zero-order valence-corrected chi connectivity index (χ0v) is 37.4. The summed E-state index contributed by atoms with van der Waals surface area (Å²) in [6.45, 7) is 9.47. The highest BCUT2D eigenvalue weighted by Gasteiger charge is 2.37. The topological polar surface area (TPSA) is 152 Å². The van der Waals surface area contributed by atoms with Crippen molar-refractivity contribution in [3.05, 3.63) is 76.6 Å². The Hall–Kier alpha value is -5.94. The van der Waals surface area contributed by atoms with E-state index in [0.29, 0.717) is 79.2 Å². The number of anilines is 3. The molecule has 342 valence electrons. The maximum Gasteiger partial charge on any atom is 0.258 e. The molecule has 4 aliphatic heterocycles. The first-order chi connectivity index (χ1) is 31.4. The van der Waals surface area contributed by atoms with Gasteiger partial charge in [0.15, 0.2) is 0 Å². The number of aryl methyl sites for hydroxylation is 3. The molecule has 10 rings (SSSR count). The van der Waals surface area contributed by atoms with E-state index in [9.17, 15) is 14.4 Å². The molecule has 4 bridgehead atoms. The van der Waals surface area contributed by atoms with Crippen LogP contribution in [0.3, 0.4) is 0 Å². The third-order valence-electron chi connectivity index (χ3n) is 14.4. The molecule has 0 spiro atoms. The summed E-state index contributed by atoms with van der Waals surface area (Å²) in [6, 6.07) is 11.0. The molecule has 4 atom stereocenters. The Balaban J connectivity index is 0.873. The van der Waals surface area contributed by atoms with Crippen molar-refractivity contribution >= 4 is 46.1 Å². The Morgan fingerprint density at radius 1 is 0.862 bits per heavy atom. The van der Waals surface area contributed by atoms with Gasteiger partial charge in [-0.1, -0.05) is 0 Å². The number of aromatic nitrogens is 5. The van der Waals surface area contributed by atoms with Gasteiger partial charge in [-0.15, -0.1) is 0 Å². The van der Waals surface area contributed by atoms with Crippen LogP contribution >= 0.6 is 0 Å². The second-order valence-electron chi connectivity index (χ2n) is 18.7. The molecule has 1 aliphatic carbocycles. The van der Waals surface area contributed by atoms with Crippen molar-refractivity contribution in [2.75, 3.05) is 68.2 Å². The van der Waals surface area contributed by atoms with E-state index in [-0.39, 0.29) is 36.4 Å². The lowest BCUT2D eigenvalue weighted by Crippen LogP contribution is -2.60. The summed E-state index contributed by atoms with van der Waals surface area (Å²) in [7, 11) is 3.60. The van der Waals surface area contributed by atoms with Crippen LogP contribution in [0.4, 0.5) is 26.1 Å². The smallest absolute Gasteiger partial charge is 0.258 e. The first-order valence-electron chi connectivity index (χ1n) is 22.9. The van der Waals surface area contributed by atoms with Crippen LogP contribution in [0.2, 0.25) is 0 Å². The summed E-state index contributed by atoms with van der Waals surface area (Å²) >= 11 is 0. The van der Waals surface area contributed by atoms with Gasteiger partial charge in [0.1, 0.15) is 11.6 Å². The number of pyridine rings is 1. The van der Waals surface area contributed by atoms with Gasteiger partial charge < -0.3 is 23.8 Å². The van der Waals surface area contributed by atoms with Gasteiger partial charge in [-0.25, -0.2) is 18.4 Å². The number of rotatable bonds is 6. The second kappa shape index (κ2) is 17.5. The number of halogens is 2. The van der Waals surface area contributed by atoms with E-state index in [1.807, 2.05) is 18.9 Å². The number of piperazine rings is 1. The van der Waals surface area contributed by atoms with Crippen LogP contribution in [-0.2, 0) is 27.9 Å². The first-order valence-corrected chi connectivity index (χ1v) is 22.9. The van der Waals surface area contributed by atoms with Crippen LogP contribution < -0.4 is 25.2 Å². The van der Waals surface area contributed by atoms with E-state index >= 15 is 8.78 Å². The fourth-order valence-corrected chi connectivity index (χ4v) is 11.1. The molecule has 3 aromatic heterocycles. The summed E-state index contributed by atoms with van der Waals surface area (Å²) in [6.07, 6.45) is 6.59. The Morgan fingerprint density at radius 3 is 2.42 bits per heavy atom. The number of hydrogen-bond donors (Lipinski definition) is 2. The summed E-state index contributed by atoms with van der Waals surface area (Å²) in [4.78, 5) is 55.0. The number of ether oxygens (including phenoxy) is 2. The number of carbonyl (C=O) groups is 3. The lowest BCUT2D eigenvalue weighted by atomic mass is 9.89. The number of nitrogens with zero attached hydrogens (tertiary/aromatic N) is 8. The molecule has 15 nitrogen and oxygen atoms in total. The summed E-state index contributed by atoms with van der Waals surface area (Å²) in [5.41, 5.74) is 6.79. The molecule has 4 fully saturated rings. The third kappa shape index (κ3) is 8.32. The minimum atomic E-state index is -1.03. The molecule has 2 N–H and O–H groups in total. The van der Waals surface area contributed by atoms with Crippen LogP contribution in [-0.4, -0.2) is 112 Å². The van der Waals surface area contributed by atoms with Gasteiger partial charge in [0, 0.05) is 94.1 Å². The van der Waals surface area contributed by atoms with Gasteiger partial charge in [0.2, 0.25) is 23.6 Å². The molecule has 65 heavy (non-hydrogen) atoms. The minimum Gasteiger partial charge on any atom is -0.477 e. The highest BCUT2D eigenvalue weighted by atomic mass is 19.1. The van der Waals surface area contributed by atoms with Gasteiger partial charge in [-0.3, -0.25) is 34.9 Å². The highest BCUT2D eigenvalue weighted by molar-refractivity contribution is 6.05. The van der Waals surface area contributed by atoms with Crippen LogP contribution in [0.5, 0.6) is 5.88 Å². The number of nitrogens with one attached hydrogen (secondary N) is 2. The molecule has 0 unspecified atom stereocenters. The van der Waals surface area contributed by atoms with Crippen molar-refractivity contribution < 1.29 is 32.6 Å². The molecule has 1 saturated carbocycles.